The molecule has 0 aliphatic carbocycles. The summed E-state index contributed by atoms with van der Waals surface area (Å²) in [4.78, 5) is 8.64. The number of rotatable bonds is 6. The van der Waals surface area contributed by atoms with Crippen LogP contribution < -0.4 is 0 Å². The first kappa shape index (κ1) is 19.2. The largest absolute Gasteiger partial charge is 0.396 e. The predicted molar refractivity (Wildman–Crippen MR) is 109 cm³/mol. The lowest BCUT2D eigenvalue weighted by Crippen LogP contribution is -2.53. The first-order chi connectivity index (χ1) is 13.3. The summed E-state index contributed by atoms with van der Waals surface area (Å²) in [7, 11) is 0. The molecule has 2 aliphatic rings. The Morgan fingerprint density at radius 1 is 1.19 bits per heavy atom. The second-order valence-electron chi connectivity index (χ2n) is 7.83. The van der Waals surface area contributed by atoms with E-state index >= 15 is 0 Å². The number of aliphatic hydroxyl groups excluding tert-OH is 1. The molecule has 3 heterocycles. The molecular weight excluding hydrogens is 362 g/mol. The lowest BCUT2D eigenvalue weighted by Gasteiger charge is -2.45. The minimum absolute atomic E-state index is 0.278. The van der Waals surface area contributed by atoms with Crippen LogP contribution in [0.5, 0.6) is 0 Å². The summed E-state index contributed by atoms with van der Waals surface area (Å²) < 4.78 is 5.54. The predicted octanol–water partition coefficient (Wildman–Crippen LogP) is 3.12. The summed E-state index contributed by atoms with van der Waals surface area (Å²) in [5, 5.41) is 11.3. The molecule has 0 bridgehead atoms. The molecule has 2 saturated heterocycles. The van der Waals surface area contributed by atoms with E-state index in [4.69, 9.17) is 16.3 Å². The molecule has 2 fully saturated rings. The Bertz CT molecular complexity index is 744. The molecule has 2 aliphatic heterocycles. The van der Waals surface area contributed by atoms with Gasteiger partial charge in [-0.25, -0.2) is 0 Å². The van der Waals surface area contributed by atoms with Gasteiger partial charge in [0.05, 0.1) is 18.2 Å². The van der Waals surface area contributed by atoms with Gasteiger partial charge in [0.15, 0.2) is 0 Å². The molecule has 6 heteroatoms. The molecule has 1 aromatic heterocycles. The topological polar surface area (TPSA) is 51.7 Å². The van der Waals surface area contributed by atoms with Crippen molar-refractivity contribution >= 4 is 22.5 Å². The highest BCUT2D eigenvalue weighted by molar-refractivity contribution is 6.36. The van der Waals surface area contributed by atoms with Crippen molar-refractivity contribution in [3.8, 4) is 0 Å². The number of hydrogen-bond donors (Lipinski definition) is 2. The normalized spacial score (nSPS) is 25.3. The number of halogens is 1. The molecule has 0 saturated carbocycles. The number of nitrogens with zero attached hydrogens (tertiary/aromatic N) is 2. The van der Waals surface area contributed by atoms with Gasteiger partial charge in [-0.05, 0) is 31.2 Å². The van der Waals surface area contributed by atoms with Crippen LogP contribution in [0.1, 0.15) is 25.0 Å². The van der Waals surface area contributed by atoms with Crippen molar-refractivity contribution in [2.24, 2.45) is 5.92 Å². The van der Waals surface area contributed by atoms with Gasteiger partial charge in [-0.1, -0.05) is 29.8 Å². The number of hydrogen-bond acceptors (Lipinski definition) is 4. The number of piperidine rings is 1. The number of morpholine rings is 1. The Hall–Kier alpha value is -1.11. The number of likely N-dealkylation sites (tertiary alicyclic amines) is 1. The number of nitrogens with one attached hydrogen (secondary N) is 1. The first-order valence-electron chi connectivity index (χ1n) is 10.2. The molecule has 1 aromatic carbocycles. The van der Waals surface area contributed by atoms with Crippen molar-refractivity contribution in [2.45, 2.75) is 31.8 Å². The molecule has 0 amide bonds. The van der Waals surface area contributed by atoms with E-state index in [-0.39, 0.29) is 6.61 Å². The minimum atomic E-state index is 0.278. The monoisotopic (exact) mass is 391 g/mol. The second-order valence-corrected chi connectivity index (χ2v) is 8.21. The van der Waals surface area contributed by atoms with Crippen molar-refractivity contribution in [1.29, 1.82) is 0 Å². The van der Waals surface area contributed by atoms with Gasteiger partial charge in [0.25, 0.3) is 0 Å². The van der Waals surface area contributed by atoms with Crippen molar-refractivity contribution < 1.29 is 9.84 Å². The smallest absolute Gasteiger partial charge is 0.0705 e. The maximum absolute atomic E-state index is 9.34. The first-order valence-corrected chi connectivity index (χ1v) is 10.5. The molecule has 4 rings (SSSR count). The van der Waals surface area contributed by atoms with E-state index in [1.807, 2.05) is 12.1 Å². The van der Waals surface area contributed by atoms with E-state index < -0.39 is 0 Å². The SMILES string of the molecule is OCCC[C@@H]1CN(Cc2[nH]c3ccccc3c2Cl)CC[C@@H]1N1CCOCC1. The highest BCUT2D eigenvalue weighted by Gasteiger charge is 2.33. The van der Waals surface area contributed by atoms with Crippen molar-refractivity contribution in [2.75, 3.05) is 46.0 Å². The summed E-state index contributed by atoms with van der Waals surface area (Å²) in [6, 6.07) is 8.84. The summed E-state index contributed by atoms with van der Waals surface area (Å²) >= 11 is 6.63. The number of ether oxygens (including phenoxy) is 1. The molecule has 2 atom stereocenters. The van der Waals surface area contributed by atoms with Crippen LogP contribution in [0, 0.1) is 5.92 Å². The number of fused-ring (bicyclic) bond motifs is 1. The zero-order valence-corrected chi connectivity index (χ0v) is 16.6. The molecule has 5 nitrogen and oxygen atoms in total. The van der Waals surface area contributed by atoms with Crippen LogP contribution in [-0.2, 0) is 11.3 Å². The van der Waals surface area contributed by atoms with E-state index in [2.05, 4.69) is 26.9 Å². The van der Waals surface area contributed by atoms with Crippen LogP contribution in [0.15, 0.2) is 24.3 Å². The Balaban J connectivity index is 1.45. The van der Waals surface area contributed by atoms with Crippen molar-refractivity contribution in [3.63, 3.8) is 0 Å². The molecule has 0 radical (unpaired) electrons. The van der Waals surface area contributed by atoms with Gasteiger partial charge in [0, 0.05) is 62.0 Å². The fourth-order valence-corrected chi connectivity index (χ4v) is 5.03. The Kier molecular flexibility index (Phi) is 6.35. The van der Waals surface area contributed by atoms with Gasteiger partial charge in [0.2, 0.25) is 0 Å². The number of H-pyrrole nitrogens is 1. The summed E-state index contributed by atoms with van der Waals surface area (Å²) in [6.45, 7) is 7.05. The lowest BCUT2D eigenvalue weighted by atomic mass is 9.86. The van der Waals surface area contributed by atoms with Crippen molar-refractivity contribution in [3.05, 3.63) is 35.0 Å². The standard InChI is InChI=1S/C21H30ClN3O2/c22-21-17-5-1-2-6-18(17)23-19(21)15-24-8-7-20(16(14-24)4-3-11-26)25-9-12-27-13-10-25/h1-2,5-6,16,20,23,26H,3-4,7-15H2/t16-,20+/m1/s1. The zero-order valence-electron chi connectivity index (χ0n) is 15.9. The van der Waals surface area contributed by atoms with Crippen LogP contribution in [0.3, 0.4) is 0 Å². The van der Waals surface area contributed by atoms with Gasteiger partial charge >= 0.3 is 0 Å². The Morgan fingerprint density at radius 2 is 2.00 bits per heavy atom. The Morgan fingerprint density at radius 3 is 2.78 bits per heavy atom. The van der Waals surface area contributed by atoms with Crippen LogP contribution in [0.4, 0.5) is 0 Å². The number of benzene rings is 1. The van der Waals surface area contributed by atoms with Gasteiger partial charge in [-0.15, -0.1) is 0 Å². The molecule has 0 unspecified atom stereocenters. The molecule has 27 heavy (non-hydrogen) atoms. The van der Waals surface area contributed by atoms with Crippen LogP contribution in [0.2, 0.25) is 5.02 Å². The Labute approximate surface area is 166 Å². The van der Waals surface area contributed by atoms with E-state index in [0.29, 0.717) is 12.0 Å². The van der Waals surface area contributed by atoms with Crippen molar-refractivity contribution in [1.82, 2.24) is 14.8 Å². The third kappa shape index (κ3) is 4.33. The maximum atomic E-state index is 9.34. The van der Waals surface area contributed by atoms with Gasteiger partial charge in [-0.3, -0.25) is 9.80 Å². The number of para-hydroxylation sites is 1. The van der Waals surface area contributed by atoms with Gasteiger partial charge in [0.1, 0.15) is 0 Å². The minimum Gasteiger partial charge on any atom is -0.396 e. The third-order valence-electron chi connectivity index (χ3n) is 6.12. The fourth-order valence-electron chi connectivity index (χ4n) is 4.76. The number of aromatic nitrogens is 1. The van der Waals surface area contributed by atoms with Gasteiger partial charge in [-0.2, -0.15) is 0 Å². The average molecular weight is 392 g/mol. The van der Waals surface area contributed by atoms with E-state index in [9.17, 15) is 5.11 Å². The summed E-state index contributed by atoms with van der Waals surface area (Å²) in [5.74, 6) is 0.590. The molecule has 148 valence electrons. The molecule has 0 spiro atoms. The quantitative estimate of drug-likeness (QED) is 0.794. The zero-order chi connectivity index (χ0) is 18.6. The third-order valence-corrected chi connectivity index (χ3v) is 6.55. The second kappa shape index (κ2) is 8.93. The van der Waals surface area contributed by atoms with Gasteiger partial charge < -0.3 is 14.8 Å². The lowest BCUT2D eigenvalue weighted by molar-refractivity contribution is -0.0232. The van der Waals surface area contributed by atoms with E-state index in [1.165, 1.54) is 6.42 Å². The highest BCUT2D eigenvalue weighted by atomic mass is 35.5. The number of aliphatic hydroxyl groups is 1. The fraction of sp³-hybridized carbons (Fsp3) is 0.619. The van der Waals surface area contributed by atoms with E-state index in [0.717, 1.165) is 80.4 Å². The van der Waals surface area contributed by atoms with E-state index in [1.54, 1.807) is 0 Å². The van der Waals surface area contributed by atoms with Crippen LogP contribution in [-0.4, -0.2) is 71.9 Å². The maximum Gasteiger partial charge on any atom is 0.0705 e. The van der Waals surface area contributed by atoms with Crippen LogP contribution in [0.25, 0.3) is 10.9 Å². The molecule has 2 aromatic rings. The highest BCUT2D eigenvalue weighted by Crippen LogP contribution is 2.31. The summed E-state index contributed by atoms with van der Waals surface area (Å²) in [6.07, 6.45) is 3.13. The van der Waals surface area contributed by atoms with Crippen LogP contribution >= 0.6 is 11.6 Å². The molecular formula is C21H30ClN3O2. The average Bonchev–Trinajstić information content (AvgIpc) is 3.03. The summed E-state index contributed by atoms with van der Waals surface area (Å²) in [5.41, 5.74) is 2.22. The molecule has 2 N–H and O–H groups in total. The number of aromatic amines is 1.